The molecule has 1 atom stereocenters. The predicted octanol–water partition coefficient (Wildman–Crippen LogP) is 2.58. The molecule has 7 heteroatoms. The Morgan fingerprint density at radius 1 is 1.15 bits per heavy atom. The number of nitrogens with zero attached hydrogens (tertiary/aromatic N) is 3. The summed E-state index contributed by atoms with van der Waals surface area (Å²) in [5.41, 5.74) is 2.26. The molecule has 1 fully saturated rings. The van der Waals surface area contributed by atoms with Gasteiger partial charge in [-0.2, -0.15) is 0 Å². The van der Waals surface area contributed by atoms with Gasteiger partial charge in [0.2, 0.25) is 0 Å². The number of rotatable bonds is 3. The van der Waals surface area contributed by atoms with Crippen LogP contribution in [0.15, 0.2) is 24.3 Å². The number of piperidine rings is 1. The van der Waals surface area contributed by atoms with E-state index in [2.05, 4.69) is 15.3 Å². The van der Waals surface area contributed by atoms with Crippen LogP contribution in [0.4, 0.5) is 5.69 Å². The highest BCUT2D eigenvalue weighted by Crippen LogP contribution is 2.33. The standard InChI is InChI=1S/C20H24N4O3/c1-13-10-17(22-14(2)21-13)20(25)24-7-3-4-16(12-24)23-15-5-6-18-19(11-15)27-9-8-26-18/h5-6,10-11,16,23H,3-4,7-9,12H2,1-2H3/t16-/m0/s1. The van der Waals surface area contributed by atoms with Gasteiger partial charge in [0.05, 0.1) is 0 Å². The van der Waals surface area contributed by atoms with Gasteiger partial charge in [0.1, 0.15) is 24.7 Å². The zero-order valence-electron chi connectivity index (χ0n) is 15.7. The van der Waals surface area contributed by atoms with E-state index in [1.807, 2.05) is 36.9 Å². The van der Waals surface area contributed by atoms with E-state index in [9.17, 15) is 4.79 Å². The molecule has 0 saturated carbocycles. The second kappa shape index (κ2) is 7.42. The Kier molecular flexibility index (Phi) is 4.83. The predicted molar refractivity (Wildman–Crippen MR) is 101 cm³/mol. The number of likely N-dealkylation sites (tertiary alicyclic amines) is 1. The van der Waals surface area contributed by atoms with E-state index < -0.39 is 0 Å². The molecule has 27 heavy (non-hydrogen) atoms. The van der Waals surface area contributed by atoms with Crippen LogP contribution in [-0.2, 0) is 0 Å². The van der Waals surface area contributed by atoms with E-state index in [1.54, 1.807) is 6.07 Å². The molecular weight excluding hydrogens is 344 g/mol. The number of benzene rings is 1. The average molecular weight is 368 g/mol. The molecule has 1 aromatic heterocycles. The van der Waals surface area contributed by atoms with Crippen molar-refractivity contribution in [1.29, 1.82) is 0 Å². The normalized spacial score (nSPS) is 18.9. The van der Waals surface area contributed by atoms with Crippen LogP contribution in [0.3, 0.4) is 0 Å². The first-order valence-corrected chi connectivity index (χ1v) is 9.36. The fourth-order valence-corrected chi connectivity index (χ4v) is 3.64. The molecule has 0 unspecified atom stereocenters. The molecule has 2 aromatic rings. The Balaban J connectivity index is 1.44. The maximum Gasteiger partial charge on any atom is 0.272 e. The number of nitrogens with one attached hydrogen (secondary N) is 1. The van der Waals surface area contributed by atoms with E-state index in [0.717, 1.165) is 42.3 Å². The van der Waals surface area contributed by atoms with Crippen molar-refractivity contribution in [3.63, 3.8) is 0 Å². The zero-order valence-corrected chi connectivity index (χ0v) is 15.7. The number of ether oxygens (including phenoxy) is 2. The van der Waals surface area contributed by atoms with Gasteiger partial charge in [0.25, 0.3) is 5.91 Å². The third-order valence-corrected chi connectivity index (χ3v) is 4.81. The molecule has 4 rings (SSSR count). The highest BCUT2D eigenvalue weighted by Gasteiger charge is 2.26. The van der Waals surface area contributed by atoms with E-state index in [-0.39, 0.29) is 11.9 Å². The Bertz CT molecular complexity index is 835. The minimum absolute atomic E-state index is 0.0303. The number of hydrogen-bond donors (Lipinski definition) is 1. The number of fused-ring (bicyclic) bond motifs is 1. The fraction of sp³-hybridized carbons (Fsp3) is 0.450. The second-order valence-electron chi connectivity index (χ2n) is 7.03. The number of aromatic nitrogens is 2. The summed E-state index contributed by atoms with van der Waals surface area (Å²) >= 11 is 0. The molecular formula is C20H24N4O3. The fourth-order valence-electron chi connectivity index (χ4n) is 3.64. The van der Waals surface area contributed by atoms with Crippen LogP contribution >= 0.6 is 0 Å². The molecule has 0 spiro atoms. The van der Waals surface area contributed by atoms with E-state index in [1.165, 1.54) is 0 Å². The monoisotopic (exact) mass is 368 g/mol. The summed E-state index contributed by atoms with van der Waals surface area (Å²) in [6.07, 6.45) is 1.97. The van der Waals surface area contributed by atoms with Crippen molar-refractivity contribution in [2.75, 3.05) is 31.6 Å². The lowest BCUT2D eigenvalue weighted by Gasteiger charge is -2.33. The van der Waals surface area contributed by atoms with Crippen molar-refractivity contribution in [2.24, 2.45) is 0 Å². The van der Waals surface area contributed by atoms with Gasteiger partial charge in [-0.15, -0.1) is 0 Å². The van der Waals surface area contributed by atoms with E-state index in [0.29, 0.717) is 31.3 Å². The van der Waals surface area contributed by atoms with Crippen LogP contribution in [0.25, 0.3) is 0 Å². The Hall–Kier alpha value is -2.83. The Labute approximate surface area is 158 Å². The molecule has 0 bridgehead atoms. The van der Waals surface area contributed by atoms with Crippen LogP contribution < -0.4 is 14.8 Å². The molecule has 3 heterocycles. The molecule has 1 saturated heterocycles. The van der Waals surface area contributed by atoms with Gasteiger partial charge in [0.15, 0.2) is 11.5 Å². The summed E-state index contributed by atoms with van der Waals surface area (Å²) in [4.78, 5) is 23.3. The van der Waals surface area contributed by atoms with Crippen molar-refractivity contribution in [2.45, 2.75) is 32.7 Å². The van der Waals surface area contributed by atoms with Gasteiger partial charge in [-0.3, -0.25) is 4.79 Å². The van der Waals surface area contributed by atoms with Crippen molar-refractivity contribution >= 4 is 11.6 Å². The third kappa shape index (κ3) is 3.97. The lowest BCUT2D eigenvalue weighted by atomic mass is 10.0. The van der Waals surface area contributed by atoms with Gasteiger partial charge >= 0.3 is 0 Å². The molecule has 7 nitrogen and oxygen atoms in total. The van der Waals surface area contributed by atoms with Crippen molar-refractivity contribution in [3.05, 3.63) is 41.5 Å². The van der Waals surface area contributed by atoms with E-state index >= 15 is 0 Å². The highest BCUT2D eigenvalue weighted by molar-refractivity contribution is 5.92. The van der Waals surface area contributed by atoms with Crippen LogP contribution in [0.2, 0.25) is 0 Å². The summed E-state index contributed by atoms with van der Waals surface area (Å²) in [5, 5.41) is 3.53. The molecule has 142 valence electrons. The number of carbonyl (C=O) groups excluding carboxylic acids is 1. The topological polar surface area (TPSA) is 76.6 Å². The molecule has 2 aliphatic rings. The Morgan fingerprint density at radius 3 is 2.78 bits per heavy atom. The molecule has 0 radical (unpaired) electrons. The van der Waals surface area contributed by atoms with Crippen LogP contribution in [0.1, 0.15) is 34.8 Å². The lowest BCUT2D eigenvalue weighted by Crippen LogP contribution is -2.45. The van der Waals surface area contributed by atoms with Gasteiger partial charge in [-0.05, 0) is 44.9 Å². The van der Waals surface area contributed by atoms with Gasteiger partial charge in [-0.25, -0.2) is 9.97 Å². The van der Waals surface area contributed by atoms with Crippen molar-refractivity contribution in [1.82, 2.24) is 14.9 Å². The minimum atomic E-state index is -0.0303. The molecule has 1 amide bonds. The molecule has 0 aliphatic carbocycles. The maximum atomic E-state index is 12.9. The number of hydrogen-bond acceptors (Lipinski definition) is 6. The average Bonchev–Trinajstić information content (AvgIpc) is 2.67. The molecule has 1 aromatic carbocycles. The first-order valence-electron chi connectivity index (χ1n) is 9.36. The highest BCUT2D eigenvalue weighted by atomic mass is 16.6. The maximum absolute atomic E-state index is 12.9. The van der Waals surface area contributed by atoms with Gasteiger partial charge < -0.3 is 19.7 Å². The summed E-state index contributed by atoms with van der Waals surface area (Å²) in [7, 11) is 0. The first kappa shape index (κ1) is 17.6. The van der Waals surface area contributed by atoms with Crippen molar-refractivity contribution in [3.8, 4) is 11.5 Å². The number of amides is 1. The number of aryl methyl sites for hydroxylation is 2. The quantitative estimate of drug-likeness (QED) is 0.897. The summed E-state index contributed by atoms with van der Waals surface area (Å²) < 4.78 is 11.2. The minimum Gasteiger partial charge on any atom is -0.486 e. The second-order valence-corrected chi connectivity index (χ2v) is 7.03. The summed E-state index contributed by atoms with van der Waals surface area (Å²) in [5.74, 6) is 2.14. The first-order chi connectivity index (χ1) is 13.1. The summed E-state index contributed by atoms with van der Waals surface area (Å²) in [6.45, 7) is 6.25. The van der Waals surface area contributed by atoms with E-state index in [4.69, 9.17) is 9.47 Å². The largest absolute Gasteiger partial charge is 0.486 e. The number of anilines is 1. The molecule has 1 N–H and O–H groups in total. The van der Waals surface area contributed by atoms with Gasteiger partial charge in [0, 0.05) is 36.6 Å². The van der Waals surface area contributed by atoms with Crippen LogP contribution in [-0.4, -0.2) is 53.1 Å². The summed E-state index contributed by atoms with van der Waals surface area (Å²) in [6, 6.07) is 7.83. The lowest BCUT2D eigenvalue weighted by molar-refractivity contribution is 0.0708. The zero-order chi connectivity index (χ0) is 18.8. The SMILES string of the molecule is Cc1cc(C(=O)N2CCC[C@H](Nc3ccc4c(c3)OCCO4)C2)nc(C)n1. The van der Waals surface area contributed by atoms with Gasteiger partial charge in [-0.1, -0.05) is 0 Å². The Morgan fingerprint density at radius 2 is 1.96 bits per heavy atom. The van der Waals surface area contributed by atoms with Crippen molar-refractivity contribution < 1.29 is 14.3 Å². The van der Waals surface area contributed by atoms with Crippen LogP contribution in [0.5, 0.6) is 11.5 Å². The smallest absolute Gasteiger partial charge is 0.272 e. The number of carbonyl (C=O) groups is 1. The third-order valence-electron chi connectivity index (χ3n) is 4.81. The van der Waals surface area contributed by atoms with Crippen LogP contribution in [0, 0.1) is 13.8 Å². The molecule has 2 aliphatic heterocycles.